The minimum absolute atomic E-state index is 0.779. The number of halogens is 1. The minimum Gasteiger partial charge on any atom is -0.479 e. The third-order valence-electron chi connectivity index (χ3n) is 4.91. The summed E-state index contributed by atoms with van der Waals surface area (Å²) in [6, 6.07) is 16.5. The van der Waals surface area contributed by atoms with Crippen molar-refractivity contribution < 1.29 is 15.0 Å². The number of imidazole rings is 1. The van der Waals surface area contributed by atoms with Crippen LogP contribution in [0.25, 0.3) is 11.0 Å². The highest BCUT2D eigenvalue weighted by Gasteiger charge is 2.17. The molecule has 6 nitrogen and oxygen atoms in total. The molecule has 0 bridgehead atoms. The predicted molar refractivity (Wildman–Crippen MR) is 114 cm³/mol. The molecule has 0 aliphatic carbocycles. The molecule has 2 N–H and O–H groups in total. The van der Waals surface area contributed by atoms with Gasteiger partial charge in [0, 0.05) is 11.6 Å². The molecule has 1 aliphatic rings. The Morgan fingerprint density at radius 2 is 1.72 bits per heavy atom. The number of aliphatic carboxylic acids is 1. The molecule has 2 aromatic carbocycles. The Hall–Kier alpha value is -2.41. The first kappa shape index (κ1) is 21.3. The number of hydrogen-bond donors (Lipinski definition) is 2. The third kappa shape index (κ3) is 5.79. The highest BCUT2D eigenvalue weighted by molar-refractivity contribution is 6.30. The summed E-state index contributed by atoms with van der Waals surface area (Å²) in [7, 11) is 0. The van der Waals surface area contributed by atoms with Gasteiger partial charge in [-0.3, -0.25) is 4.90 Å². The molecule has 1 unspecified atom stereocenters. The van der Waals surface area contributed by atoms with E-state index in [-0.39, 0.29) is 0 Å². The number of para-hydroxylation sites is 2. The number of carbonyl (C=O) groups is 1. The van der Waals surface area contributed by atoms with Crippen LogP contribution in [-0.2, 0) is 17.9 Å². The lowest BCUT2D eigenvalue weighted by Crippen LogP contribution is -2.21. The third-order valence-corrected chi connectivity index (χ3v) is 5.16. The lowest BCUT2D eigenvalue weighted by atomic mass is 10.2. The average Bonchev–Trinajstić information content (AvgIpc) is 3.33. The lowest BCUT2D eigenvalue weighted by Gasteiger charge is -2.16. The molecule has 1 aliphatic heterocycles. The van der Waals surface area contributed by atoms with Crippen LogP contribution in [0, 0.1) is 0 Å². The second-order valence-electron chi connectivity index (χ2n) is 7.23. The molecule has 0 radical (unpaired) electrons. The molecule has 7 heteroatoms. The van der Waals surface area contributed by atoms with E-state index in [2.05, 4.69) is 45.9 Å². The zero-order valence-corrected chi connectivity index (χ0v) is 17.2. The maximum atomic E-state index is 9.45. The van der Waals surface area contributed by atoms with Crippen molar-refractivity contribution in [3.63, 3.8) is 0 Å². The van der Waals surface area contributed by atoms with Crippen LogP contribution in [0.5, 0.6) is 0 Å². The van der Waals surface area contributed by atoms with Crippen LogP contribution < -0.4 is 0 Å². The van der Waals surface area contributed by atoms with Crippen molar-refractivity contribution in [2.45, 2.75) is 39.0 Å². The molecular formula is C22H26ClN3O3. The largest absolute Gasteiger partial charge is 0.479 e. The quantitative estimate of drug-likeness (QED) is 0.662. The van der Waals surface area contributed by atoms with E-state index in [0.29, 0.717) is 0 Å². The molecule has 1 saturated heterocycles. The first-order valence-corrected chi connectivity index (χ1v) is 10.1. The van der Waals surface area contributed by atoms with Crippen molar-refractivity contribution in [2.75, 3.05) is 13.1 Å². The van der Waals surface area contributed by atoms with Gasteiger partial charge in [0.15, 0.2) is 0 Å². The molecule has 0 spiro atoms. The minimum atomic E-state index is -1.23. The molecular weight excluding hydrogens is 390 g/mol. The summed E-state index contributed by atoms with van der Waals surface area (Å²) in [5.74, 6) is -0.0296. The van der Waals surface area contributed by atoms with Gasteiger partial charge in [0.05, 0.1) is 17.6 Å². The molecule has 4 rings (SSSR count). The van der Waals surface area contributed by atoms with Gasteiger partial charge in [-0.15, -0.1) is 0 Å². The molecule has 0 amide bonds. The Morgan fingerprint density at radius 1 is 1.10 bits per heavy atom. The number of nitrogens with zero attached hydrogens (tertiary/aromatic N) is 3. The van der Waals surface area contributed by atoms with Gasteiger partial charge in [-0.1, -0.05) is 35.9 Å². The number of aliphatic hydroxyl groups is 1. The first-order chi connectivity index (χ1) is 13.9. The average molecular weight is 416 g/mol. The van der Waals surface area contributed by atoms with E-state index >= 15 is 0 Å². The number of benzene rings is 2. The molecule has 1 fully saturated rings. The number of rotatable bonds is 5. The van der Waals surface area contributed by atoms with Crippen molar-refractivity contribution in [3.05, 3.63) is 64.9 Å². The summed E-state index contributed by atoms with van der Waals surface area (Å²) < 4.78 is 2.34. The fourth-order valence-corrected chi connectivity index (χ4v) is 3.46. The molecule has 1 atom stereocenters. The number of hydrogen-bond acceptors (Lipinski definition) is 4. The van der Waals surface area contributed by atoms with Crippen molar-refractivity contribution in [1.29, 1.82) is 0 Å². The van der Waals surface area contributed by atoms with Crippen LogP contribution in [0.1, 0.15) is 31.2 Å². The molecule has 1 aromatic heterocycles. The predicted octanol–water partition coefficient (Wildman–Crippen LogP) is 3.79. The standard InChI is InChI=1S/C19H20ClN3.C3H6O3/c20-16-9-7-15(8-10-16)13-23-18-6-2-1-5-17(18)21-19(23)14-22-11-3-4-12-22;1-2(4)3(5)6/h1-2,5-10H,3-4,11-14H2;2,4H,1H3,(H,5,6). The second-order valence-corrected chi connectivity index (χ2v) is 7.66. The summed E-state index contributed by atoms with van der Waals surface area (Å²) in [6.07, 6.45) is 1.37. The van der Waals surface area contributed by atoms with Crippen LogP contribution in [-0.4, -0.2) is 49.8 Å². The topological polar surface area (TPSA) is 78.6 Å². The number of carboxylic acids is 1. The Labute approximate surface area is 175 Å². The van der Waals surface area contributed by atoms with E-state index in [1.54, 1.807) is 0 Å². The maximum absolute atomic E-state index is 9.45. The van der Waals surface area contributed by atoms with E-state index in [1.807, 2.05) is 12.1 Å². The number of aliphatic hydroxyl groups excluding tert-OH is 1. The van der Waals surface area contributed by atoms with Gasteiger partial charge in [0.1, 0.15) is 11.9 Å². The van der Waals surface area contributed by atoms with Crippen molar-refractivity contribution in [1.82, 2.24) is 14.5 Å². The Bertz CT molecular complexity index is 948. The van der Waals surface area contributed by atoms with Crippen molar-refractivity contribution in [3.8, 4) is 0 Å². The molecule has 154 valence electrons. The number of likely N-dealkylation sites (tertiary alicyclic amines) is 1. The Balaban J connectivity index is 0.000000353. The van der Waals surface area contributed by atoms with Crippen molar-refractivity contribution >= 4 is 28.6 Å². The van der Waals surface area contributed by atoms with Crippen LogP contribution in [0.4, 0.5) is 0 Å². The SMILES string of the molecule is CC(O)C(=O)O.Clc1ccc(Cn2c(CN3CCCC3)nc3ccccc32)cc1. The summed E-state index contributed by atoms with van der Waals surface area (Å²) in [5, 5.41) is 16.6. The molecule has 3 aromatic rings. The van der Waals surface area contributed by atoms with E-state index in [4.69, 9.17) is 26.8 Å². The molecule has 0 saturated carbocycles. The van der Waals surface area contributed by atoms with Crippen LogP contribution >= 0.6 is 11.6 Å². The summed E-state index contributed by atoms with van der Waals surface area (Å²) >= 11 is 6.01. The second kappa shape index (κ2) is 9.87. The van der Waals surface area contributed by atoms with Gasteiger partial charge in [-0.2, -0.15) is 0 Å². The van der Waals surface area contributed by atoms with Gasteiger partial charge in [-0.25, -0.2) is 9.78 Å². The van der Waals surface area contributed by atoms with Crippen LogP contribution in [0.15, 0.2) is 48.5 Å². The fourth-order valence-electron chi connectivity index (χ4n) is 3.34. The normalized spacial score (nSPS) is 15.1. The molecule has 29 heavy (non-hydrogen) atoms. The lowest BCUT2D eigenvalue weighted by molar-refractivity contribution is -0.145. The Kier molecular flexibility index (Phi) is 7.25. The highest BCUT2D eigenvalue weighted by atomic mass is 35.5. The van der Waals surface area contributed by atoms with E-state index in [9.17, 15) is 4.79 Å². The number of aromatic nitrogens is 2. The number of carboxylic acid groups (broad SMARTS) is 1. The monoisotopic (exact) mass is 415 g/mol. The number of fused-ring (bicyclic) bond motifs is 1. The van der Waals surface area contributed by atoms with Gasteiger partial charge >= 0.3 is 5.97 Å². The van der Waals surface area contributed by atoms with Crippen LogP contribution in [0.2, 0.25) is 5.02 Å². The first-order valence-electron chi connectivity index (χ1n) is 9.76. The fraction of sp³-hybridized carbons (Fsp3) is 0.364. The zero-order chi connectivity index (χ0) is 20.8. The van der Waals surface area contributed by atoms with Gasteiger partial charge in [0.25, 0.3) is 0 Å². The van der Waals surface area contributed by atoms with Crippen molar-refractivity contribution in [2.24, 2.45) is 0 Å². The van der Waals surface area contributed by atoms with Crippen LogP contribution in [0.3, 0.4) is 0 Å². The zero-order valence-electron chi connectivity index (χ0n) is 16.5. The smallest absolute Gasteiger partial charge is 0.332 e. The maximum Gasteiger partial charge on any atom is 0.332 e. The van der Waals surface area contributed by atoms with Gasteiger partial charge in [-0.05, 0) is 62.7 Å². The molecule has 2 heterocycles. The van der Waals surface area contributed by atoms with E-state index < -0.39 is 12.1 Å². The van der Waals surface area contributed by atoms with E-state index in [0.717, 1.165) is 29.5 Å². The van der Waals surface area contributed by atoms with E-state index in [1.165, 1.54) is 43.9 Å². The summed E-state index contributed by atoms with van der Waals surface area (Å²) in [4.78, 5) is 16.8. The summed E-state index contributed by atoms with van der Waals surface area (Å²) in [5.41, 5.74) is 3.53. The Morgan fingerprint density at radius 3 is 2.34 bits per heavy atom. The summed E-state index contributed by atoms with van der Waals surface area (Å²) in [6.45, 7) is 5.33. The van der Waals surface area contributed by atoms with Gasteiger partial charge in [0.2, 0.25) is 0 Å². The highest BCUT2D eigenvalue weighted by Crippen LogP contribution is 2.21. The van der Waals surface area contributed by atoms with Gasteiger partial charge < -0.3 is 14.8 Å².